The second-order valence-electron chi connectivity index (χ2n) is 5.39. The van der Waals surface area contributed by atoms with E-state index in [1.807, 2.05) is 54.6 Å². The monoisotopic (exact) mass is 369 g/mol. The standard InChI is InChI=1S/C18H19N5O2S/c1-25-15-10-6-5-9-14(15)17-21-22-18(23(17)19)26-12-11-16(24)20-13-7-3-2-4-8-13/h2-10H,11-12,19H2,1H3,(H,20,24). The molecule has 0 saturated heterocycles. The van der Waals surface area contributed by atoms with Gasteiger partial charge in [0, 0.05) is 17.9 Å². The minimum atomic E-state index is -0.0586. The Morgan fingerprint density at radius 2 is 1.88 bits per heavy atom. The quantitative estimate of drug-likeness (QED) is 0.491. The molecule has 7 nitrogen and oxygen atoms in total. The topological polar surface area (TPSA) is 95.1 Å². The average molecular weight is 369 g/mol. The first-order valence-corrected chi connectivity index (χ1v) is 8.99. The van der Waals surface area contributed by atoms with Gasteiger partial charge in [-0.2, -0.15) is 0 Å². The number of hydrogen-bond donors (Lipinski definition) is 2. The first-order chi connectivity index (χ1) is 12.7. The van der Waals surface area contributed by atoms with Gasteiger partial charge in [-0.3, -0.25) is 4.79 Å². The number of anilines is 1. The van der Waals surface area contributed by atoms with Gasteiger partial charge in [0.05, 0.1) is 12.7 Å². The van der Waals surface area contributed by atoms with E-state index in [1.165, 1.54) is 16.4 Å². The van der Waals surface area contributed by atoms with E-state index in [0.29, 0.717) is 28.9 Å². The molecule has 1 amide bonds. The summed E-state index contributed by atoms with van der Waals surface area (Å²) in [7, 11) is 1.59. The molecule has 0 aliphatic rings. The number of methoxy groups -OCH3 is 1. The molecule has 1 heterocycles. The Morgan fingerprint density at radius 3 is 2.65 bits per heavy atom. The molecule has 26 heavy (non-hydrogen) atoms. The summed E-state index contributed by atoms with van der Waals surface area (Å²) in [5, 5.41) is 11.6. The number of nitrogens with one attached hydrogen (secondary N) is 1. The highest BCUT2D eigenvalue weighted by atomic mass is 32.2. The number of carbonyl (C=O) groups excluding carboxylic acids is 1. The minimum Gasteiger partial charge on any atom is -0.496 e. The summed E-state index contributed by atoms with van der Waals surface area (Å²) < 4.78 is 6.75. The average Bonchev–Trinajstić information content (AvgIpc) is 3.03. The number of carbonyl (C=O) groups is 1. The number of rotatable bonds is 7. The minimum absolute atomic E-state index is 0.0586. The van der Waals surface area contributed by atoms with Crippen molar-refractivity contribution in [3.05, 3.63) is 54.6 Å². The van der Waals surface area contributed by atoms with E-state index >= 15 is 0 Å². The van der Waals surface area contributed by atoms with E-state index in [4.69, 9.17) is 10.6 Å². The third-order valence-corrected chi connectivity index (χ3v) is 4.58. The highest BCUT2D eigenvalue weighted by Crippen LogP contribution is 2.29. The van der Waals surface area contributed by atoms with Gasteiger partial charge >= 0.3 is 0 Å². The van der Waals surface area contributed by atoms with Crippen molar-refractivity contribution in [3.63, 3.8) is 0 Å². The molecule has 0 spiro atoms. The van der Waals surface area contributed by atoms with Crippen LogP contribution in [-0.4, -0.2) is 33.6 Å². The second kappa shape index (κ2) is 8.39. The van der Waals surface area contributed by atoms with Crippen LogP contribution in [0.25, 0.3) is 11.4 Å². The summed E-state index contributed by atoms with van der Waals surface area (Å²) in [4.78, 5) is 12.0. The lowest BCUT2D eigenvalue weighted by atomic mass is 10.2. The van der Waals surface area contributed by atoms with Crippen LogP contribution in [0.5, 0.6) is 5.75 Å². The molecule has 0 fully saturated rings. The van der Waals surface area contributed by atoms with Crippen LogP contribution in [0.1, 0.15) is 6.42 Å². The maximum Gasteiger partial charge on any atom is 0.225 e. The predicted molar refractivity (Wildman–Crippen MR) is 103 cm³/mol. The van der Waals surface area contributed by atoms with Gasteiger partial charge in [0.1, 0.15) is 5.75 Å². The van der Waals surface area contributed by atoms with E-state index < -0.39 is 0 Å². The lowest BCUT2D eigenvalue weighted by Crippen LogP contribution is -2.14. The smallest absolute Gasteiger partial charge is 0.225 e. The molecule has 0 unspecified atom stereocenters. The molecular weight excluding hydrogens is 350 g/mol. The zero-order chi connectivity index (χ0) is 18.4. The SMILES string of the molecule is COc1ccccc1-c1nnc(SCCC(=O)Nc2ccccc2)n1N. The Balaban J connectivity index is 1.60. The fourth-order valence-electron chi connectivity index (χ4n) is 2.37. The molecule has 0 aliphatic carbocycles. The number of thioether (sulfide) groups is 1. The molecule has 3 aromatic rings. The van der Waals surface area contributed by atoms with E-state index in [9.17, 15) is 4.79 Å². The Kier molecular flexibility index (Phi) is 5.75. The van der Waals surface area contributed by atoms with Gasteiger partial charge in [-0.1, -0.05) is 42.1 Å². The zero-order valence-corrected chi connectivity index (χ0v) is 15.1. The van der Waals surface area contributed by atoms with Gasteiger partial charge in [-0.25, -0.2) is 4.68 Å². The second-order valence-corrected chi connectivity index (χ2v) is 6.45. The van der Waals surface area contributed by atoms with Crippen LogP contribution < -0.4 is 15.9 Å². The number of nitrogens with two attached hydrogens (primary N) is 1. The molecule has 0 radical (unpaired) electrons. The summed E-state index contributed by atoms with van der Waals surface area (Å²) in [5.74, 6) is 7.78. The van der Waals surface area contributed by atoms with Gasteiger partial charge in [0.15, 0.2) is 5.82 Å². The van der Waals surface area contributed by atoms with Crippen LogP contribution >= 0.6 is 11.8 Å². The molecule has 3 N–H and O–H groups in total. The Hall–Kier alpha value is -3.00. The number of hydrogen-bond acceptors (Lipinski definition) is 6. The van der Waals surface area contributed by atoms with Crippen LogP contribution in [0.2, 0.25) is 0 Å². The summed E-state index contributed by atoms with van der Waals surface area (Å²) in [6, 6.07) is 16.8. The first kappa shape index (κ1) is 17.8. The third-order valence-electron chi connectivity index (χ3n) is 3.63. The van der Waals surface area contributed by atoms with E-state index in [-0.39, 0.29) is 5.91 Å². The van der Waals surface area contributed by atoms with Gasteiger partial charge in [-0.15, -0.1) is 10.2 Å². The summed E-state index contributed by atoms with van der Waals surface area (Å²) in [5.41, 5.74) is 1.54. The highest BCUT2D eigenvalue weighted by molar-refractivity contribution is 7.99. The largest absolute Gasteiger partial charge is 0.496 e. The van der Waals surface area contributed by atoms with Crippen LogP contribution in [0.15, 0.2) is 59.8 Å². The van der Waals surface area contributed by atoms with Crippen molar-refractivity contribution in [1.29, 1.82) is 0 Å². The molecule has 0 aliphatic heterocycles. The normalized spacial score (nSPS) is 10.5. The Morgan fingerprint density at radius 1 is 1.15 bits per heavy atom. The number of aromatic nitrogens is 3. The van der Waals surface area contributed by atoms with Crippen molar-refractivity contribution in [1.82, 2.24) is 14.9 Å². The lowest BCUT2D eigenvalue weighted by Gasteiger charge is -2.08. The maximum atomic E-state index is 12.0. The van der Waals surface area contributed by atoms with Crippen LogP contribution in [0.4, 0.5) is 5.69 Å². The summed E-state index contributed by atoms with van der Waals surface area (Å²) in [6.45, 7) is 0. The first-order valence-electron chi connectivity index (χ1n) is 8.00. The third kappa shape index (κ3) is 4.15. The van der Waals surface area contributed by atoms with E-state index in [2.05, 4.69) is 15.5 Å². The van der Waals surface area contributed by atoms with Crippen LogP contribution in [0, 0.1) is 0 Å². The Bertz CT molecular complexity index is 882. The van der Waals surface area contributed by atoms with Gasteiger partial charge in [-0.05, 0) is 24.3 Å². The zero-order valence-electron chi connectivity index (χ0n) is 14.3. The molecule has 8 heteroatoms. The molecule has 2 aromatic carbocycles. The van der Waals surface area contributed by atoms with Crippen LogP contribution in [-0.2, 0) is 4.79 Å². The fraction of sp³-hybridized carbons (Fsp3) is 0.167. The highest BCUT2D eigenvalue weighted by Gasteiger charge is 2.16. The van der Waals surface area contributed by atoms with Crippen molar-refractivity contribution in [2.45, 2.75) is 11.6 Å². The molecule has 1 aromatic heterocycles. The molecule has 0 saturated carbocycles. The number of amides is 1. The molecule has 0 bridgehead atoms. The van der Waals surface area contributed by atoms with Crippen molar-refractivity contribution >= 4 is 23.4 Å². The fourth-order valence-corrected chi connectivity index (χ4v) is 3.16. The van der Waals surface area contributed by atoms with Crippen molar-refractivity contribution in [3.8, 4) is 17.1 Å². The lowest BCUT2D eigenvalue weighted by molar-refractivity contribution is -0.115. The van der Waals surface area contributed by atoms with Gasteiger partial charge in [0.2, 0.25) is 11.1 Å². The van der Waals surface area contributed by atoms with E-state index in [0.717, 1.165) is 11.3 Å². The number of ether oxygens (including phenoxy) is 1. The number of nitrogen functional groups attached to an aromatic ring is 1. The molecular formula is C18H19N5O2S. The molecule has 3 rings (SSSR count). The molecule has 0 atom stereocenters. The maximum absolute atomic E-state index is 12.0. The number of nitrogens with zero attached hydrogens (tertiary/aromatic N) is 3. The number of para-hydroxylation sites is 2. The summed E-state index contributed by atoms with van der Waals surface area (Å²) in [6.07, 6.45) is 0.344. The van der Waals surface area contributed by atoms with Crippen molar-refractivity contribution < 1.29 is 9.53 Å². The molecule has 134 valence electrons. The van der Waals surface area contributed by atoms with Crippen molar-refractivity contribution in [2.75, 3.05) is 24.0 Å². The van der Waals surface area contributed by atoms with Gasteiger partial charge in [0.25, 0.3) is 0 Å². The summed E-state index contributed by atoms with van der Waals surface area (Å²) >= 11 is 1.38. The predicted octanol–water partition coefficient (Wildman–Crippen LogP) is 2.79. The van der Waals surface area contributed by atoms with Gasteiger partial charge < -0.3 is 15.9 Å². The number of benzene rings is 2. The van der Waals surface area contributed by atoms with Crippen LogP contribution in [0.3, 0.4) is 0 Å². The van der Waals surface area contributed by atoms with E-state index in [1.54, 1.807) is 7.11 Å². The Labute approximate surface area is 155 Å². The van der Waals surface area contributed by atoms with Crippen molar-refractivity contribution in [2.24, 2.45) is 0 Å².